The van der Waals surface area contributed by atoms with Gasteiger partial charge in [0.05, 0.1) is 11.3 Å². The van der Waals surface area contributed by atoms with Crippen LogP contribution < -0.4 is 16.4 Å². The average Bonchev–Trinajstić information content (AvgIpc) is 3.52. The minimum atomic E-state index is 0.358. The monoisotopic (exact) mass is 364 g/mol. The Kier molecular flexibility index (Phi) is 5.34. The van der Waals surface area contributed by atoms with Gasteiger partial charge in [0.15, 0.2) is 0 Å². The lowest BCUT2D eigenvalue weighted by molar-refractivity contribution is 0.338. The van der Waals surface area contributed by atoms with E-state index >= 15 is 0 Å². The fraction of sp³-hybridized carbons (Fsp3) is 0.476. The zero-order valence-corrected chi connectivity index (χ0v) is 15.6. The highest BCUT2D eigenvalue weighted by Crippen LogP contribution is 2.27. The lowest BCUT2D eigenvalue weighted by atomic mass is 9.86. The van der Waals surface area contributed by atoms with E-state index in [0.29, 0.717) is 29.7 Å². The highest BCUT2D eigenvalue weighted by atomic mass is 15.2. The van der Waals surface area contributed by atoms with E-state index in [-0.39, 0.29) is 0 Å². The fourth-order valence-corrected chi connectivity index (χ4v) is 3.57. The molecule has 0 spiro atoms. The highest BCUT2D eigenvalue weighted by Gasteiger charge is 2.23. The zero-order valence-electron chi connectivity index (χ0n) is 15.6. The van der Waals surface area contributed by atoms with Crippen LogP contribution in [0.4, 0.5) is 11.8 Å². The van der Waals surface area contributed by atoms with Gasteiger partial charge < -0.3 is 16.4 Å². The third kappa shape index (κ3) is 4.63. The second-order valence-corrected chi connectivity index (χ2v) is 7.78. The van der Waals surface area contributed by atoms with Crippen molar-refractivity contribution in [3.63, 3.8) is 0 Å². The molecule has 6 nitrogen and oxygen atoms in total. The number of benzene rings is 1. The van der Waals surface area contributed by atoms with Gasteiger partial charge in [-0.2, -0.15) is 4.98 Å². The Morgan fingerprint density at radius 1 is 1.07 bits per heavy atom. The molecule has 2 aromatic rings. The molecule has 1 aromatic carbocycles. The van der Waals surface area contributed by atoms with Gasteiger partial charge in [-0.05, 0) is 44.4 Å². The molecule has 4 rings (SSSR count). The van der Waals surface area contributed by atoms with Crippen molar-refractivity contribution < 1.29 is 0 Å². The van der Waals surface area contributed by atoms with Gasteiger partial charge >= 0.3 is 0 Å². The van der Waals surface area contributed by atoms with Crippen molar-refractivity contribution in [2.45, 2.75) is 50.6 Å². The Labute approximate surface area is 160 Å². The summed E-state index contributed by atoms with van der Waals surface area (Å²) in [5.41, 5.74) is 8.09. The molecular weight excluding hydrogens is 336 g/mol. The molecule has 0 bridgehead atoms. The van der Waals surface area contributed by atoms with E-state index in [9.17, 15) is 0 Å². The molecule has 0 atom stereocenters. The molecule has 6 heteroatoms. The maximum absolute atomic E-state index is 8.63. The van der Waals surface area contributed by atoms with Crippen LogP contribution in [-0.2, 0) is 0 Å². The summed E-state index contributed by atoms with van der Waals surface area (Å²) in [6.07, 6.45) is 8.61. The predicted molar refractivity (Wildman–Crippen MR) is 109 cm³/mol. The maximum Gasteiger partial charge on any atom is 0.224 e. The second kappa shape index (κ2) is 8.05. The van der Waals surface area contributed by atoms with Crippen LogP contribution in [0.3, 0.4) is 0 Å². The van der Waals surface area contributed by atoms with Gasteiger partial charge in [-0.3, -0.25) is 5.41 Å². The first-order chi connectivity index (χ1) is 13.2. The van der Waals surface area contributed by atoms with E-state index < -0.39 is 0 Å². The Balaban J connectivity index is 1.53. The summed E-state index contributed by atoms with van der Waals surface area (Å²) in [7, 11) is 0. The molecule has 1 heterocycles. The van der Waals surface area contributed by atoms with Crippen LogP contribution in [0.5, 0.6) is 0 Å². The van der Waals surface area contributed by atoms with Crippen molar-refractivity contribution >= 4 is 17.5 Å². The Morgan fingerprint density at radius 3 is 2.52 bits per heavy atom. The SMILES string of the molecule is N=C(c1ccccc1)c1cnc(NC2CC2)nc1NCC1CCC(N)CC1. The third-order valence-corrected chi connectivity index (χ3v) is 5.48. The first-order valence-corrected chi connectivity index (χ1v) is 9.96. The minimum absolute atomic E-state index is 0.358. The predicted octanol–water partition coefficient (Wildman–Crippen LogP) is 3.40. The van der Waals surface area contributed by atoms with E-state index in [2.05, 4.69) is 15.6 Å². The molecule has 0 aliphatic heterocycles. The minimum Gasteiger partial charge on any atom is -0.369 e. The number of nitrogens with one attached hydrogen (secondary N) is 3. The van der Waals surface area contributed by atoms with Crippen molar-refractivity contribution in [3.8, 4) is 0 Å². The molecule has 0 saturated heterocycles. The Morgan fingerprint density at radius 2 is 1.81 bits per heavy atom. The molecule has 2 aliphatic carbocycles. The van der Waals surface area contributed by atoms with Crippen LogP contribution in [0.15, 0.2) is 36.5 Å². The van der Waals surface area contributed by atoms with Gasteiger partial charge in [-0.25, -0.2) is 4.98 Å². The van der Waals surface area contributed by atoms with Crippen LogP contribution in [0, 0.1) is 11.3 Å². The van der Waals surface area contributed by atoms with E-state index in [4.69, 9.17) is 16.1 Å². The molecule has 0 amide bonds. The van der Waals surface area contributed by atoms with Gasteiger partial charge in [-0.15, -0.1) is 0 Å². The van der Waals surface area contributed by atoms with Crippen LogP contribution in [0.2, 0.25) is 0 Å². The quantitative estimate of drug-likeness (QED) is 0.564. The first-order valence-electron chi connectivity index (χ1n) is 9.96. The lowest BCUT2D eigenvalue weighted by Gasteiger charge is -2.26. The van der Waals surface area contributed by atoms with E-state index in [1.54, 1.807) is 6.20 Å². The van der Waals surface area contributed by atoms with Crippen molar-refractivity contribution in [1.29, 1.82) is 5.41 Å². The molecule has 142 valence electrons. The summed E-state index contributed by atoms with van der Waals surface area (Å²) < 4.78 is 0. The molecule has 2 fully saturated rings. The summed E-state index contributed by atoms with van der Waals surface area (Å²) in [5, 5.41) is 15.5. The first kappa shape index (κ1) is 17.9. The normalized spacial score (nSPS) is 22.3. The van der Waals surface area contributed by atoms with E-state index in [0.717, 1.165) is 49.2 Å². The van der Waals surface area contributed by atoms with Crippen molar-refractivity contribution in [2.24, 2.45) is 11.7 Å². The smallest absolute Gasteiger partial charge is 0.224 e. The molecule has 27 heavy (non-hydrogen) atoms. The van der Waals surface area contributed by atoms with Crippen molar-refractivity contribution in [1.82, 2.24) is 9.97 Å². The molecule has 5 N–H and O–H groups in total. The molecule has 1 aromatic heterocycles. The molecule has 2 aliphatic rings. The summed E-state index contributed by atoms with van der Waals surface area (Å²) in [6.45, 7) is 0.863. The number of hydrogen-bond donors (Lipinski definition) is 4. The lowest BCUT2D eigenvalue weighted by Crippen LogP contribution is -2.29. The molecule has 2 saturated carbocycles. The second-order valence-electron chi connectivity index (χ2n) is 7.78. The van der Waals surface area contributed by atoms with Crippen LogP contribution in [0.1, 0.15) is 49.7 Å². The van der Waals surface area contributed by atoms with Crippen molar-refractivity contribution in [2.75, 3.05) is 17.2 Å². The van der Waals surface area contributed by atoms with Gasteiger partial charge in [0.2, 0.25) is 5.95 Å². The van der Waals surface area contributed by atoms with E-state index in [1.165, 1.54) is 12.8 Å². The largest absolute Gasteiger partial charge is 0.369 e. The van der Waals surface area contributed by atoms with Gasteiger partial charge in [0.25, 0.3) is 0 Å². The summed E-state index contributed by atoms with van der Waals surface area (Å²) in [6, 6.07) is 10.6. The highest BCUT2D eigenvalue weighted by molar-refractivity contribution is 6.13. The summed E-state index contributed by atoms with van der Waals surface area (Å²) in [5.74, 6) is 2.01. The number of anilines is 2. The summed E-state index contributed by atoms with van der Waals surface area (Å²) in [4.78, 5) is 9.15. The Bertz CT molecular complexity index is 779. The molecule has 0 unspecified atom stereocenters. The third-order valence-electron chi connectivity index (χ3n) is 5.48. The van der Waals surface area contributed by atoms with Gasteiger partial charge in [0.1, 0.15) is 5.82 Å². The average molecular weight is 364 g/mol. The van der Waals surface area contributed by atoms with Crippen LogP contribution in [0.25, 0.3) is 0 Å². The van der Waals surface area contributed by atoms with Crippen molar-refractivity contribution in [3.05, 3.63) is 47.7 Å². The van der Waals surface area contributed by atoms with Gasteiger partial charge in [0, 0.05) is 30.4 Å². The topological polar surface area (TPSA) is 99.7 Å². The zero-order chi connectivity index (χ0) is 18.6. The number of hydrogen-bond acceptors (Lipinski definition) is 6. The molecular formula is C21H28N6. The fourth-order valence-electron chi connectivity index (χ4n) is 3.57. The summed E-state index contributed by atoms with van der Waals surface area (Å²) >= 11 is 0. The standard InChI is InChI=1S/C21H28N6/c22-16-8-6-14(7-9-16)12-24-20-18(19(23)15-4-2-1-3-5-15)13-25-21(27-20)26-17-10-11-17/h1-5,13-14,16-17,23H,6-12,22H2,(H2,24,25,26,27). The number of nitrogens with two attached hydrogens (primary N) is 1. The number of rotatable bonds is 7. The Hall–Kier alpha value is -2.47. The maximum atomic E-state index is 8.63. The van der Waals surface area contributed by atoms with Gasteiger partial charge in [-0.1, -0.05) is 30.3 Å². The van der Waals surface area contributed by atoms with Crippen LogP contribution >= 0.6 is 0 Å². The number of aromatic nitrogens is 2. The molecule has 0 radical (unpaired) electrons. The number of nitrogens with zero attached hydrogens (tertiary/aromatic N) is 2. The van der Waals surface area contributed by atoms with E-state index in [1.807, 2.05) is 30.3 Å². The van der Waals surface area contributed by atoms with Crippen LogP contribution in [-0.4, -0.2) is 34.3 Å².